The standard InChI is InChI=1S/C24H21ClN2O4S/c1-26(13-12-25)24(30)22-20(31-2)19-21(32-22)16-10-6-7-11-17(16)27(23(19)29)14-18(28)15-8-4-3-5-9-15/h3-11H,12-14H2,1-2H3. The highest BCUT2D eigenvalue weighted by atomic mass is 35.5. The van der Waals surface area contributed by atoms with Crippen LogP contribution in [-0.4, -0.2) is 47.7 Å². The van der Waals surface area contributed by atoms with Gasteiger partial charge in [-0.25, -0.2) is 0 Å². The molecule has 164 valence electrons. The van der Waals surface area contributed by atoms with Crippen LogP contribution in [0.15, 0.2) is 59.4 Å². The van der Waals surface area contributed by atoms with E-state index in [-0.39, 0.29) is 29.5 Å². The van der Waals surface area contributed by atoms with E-state index in [0.29, 0.717) is 38.5 Å². The number of carbonyl (C=O) groups excluding carboxylic acids is 2. The molecule has 4 aromatic rings. The summed E-state index contributed by atoms with van der Waals surface area (Å²) in [6.45, 7) is 0.252. The summed E-state index contributed by atoms with van der Waals surface area (Å²) < 4.78 is 7.67. The fourth-order valence-electron chi connectivity index (χ4n) is 3.70. The number of nitrogens with zero attached hydrogens (tertiary/aromatic N) is 2. The Kier molecular flexibility index (Phi) is 6.30. The van der Waals surface area contributed by atoms with Crippen molar-refractivity contribution in [2.24, 2.45) is 0 Å². The first-order valence-corrected chi connectivity index (χ1v) is 11.3. The number of carbonyl (C=O) groups is 2. The third kappa shape index (κ3) is 3.78. The smallest absolute Gasteiger partial charge is 0.267 e. The Morgan fingerprint density at radius 1 is 1.09 bits per heavy atom. The zero-order valence-electron chi connectivity index (χ0n) is 17.6. The first-order chi connectivity index (χ1) is 15.5. The number of hydrogen-bond donors (Lipinski definition) is 0. The Hall–Kier alpha value is -3.16. The third-order valence-corrected chi connectivity index (χ3v) is 6.69. The van der Waals surface area contributed by atoms with E-state index in [1.807, 2.05) is 30.3 Å². The number of methoxy groups -OCH3 is 1. The molecule has 0 radical (unpaired) electrons. The molecule has 8 heteroatoms. The second kappa shape index (κ2) is 9.14. The number of amides is 1. The highest BCUT2D eigenvalue weighted by molar-refractivity contribution is 7.22. The van der Waals surface area contributed by atoms with E-state index in [1.54, 1.807) is 31.3 Å². The second-order valence-corrected chi connectivity index (χ2v) is 8.68. The Balaban J connectivity index is 1.96. The summed E-state index contributed by atoms with van der Waals surface area (Å²) in [6.07, 6.45) is 0. The maximum Gasteiger partial charge on any atom is 0.267 e. The number of Topliss-reactive ketones (excluding diaryl/α,β-unsaturated/α-hetero) is 1. The highest BCUT2D eigenvalue weighted by Crippen LogP contribution is 2.40. The van der Waals surface area contributed by atoms with Crippen molar-refractivity contribution >= 4 is 55.6 Å². The number of pyridine rings is 1. The predicted octanol–water partition coefficient (Wildman–Crippen LogP) is 4.42. The molecular weight excluding hydrogens is 448 g/mol. The van der Waals surface area contributed by atoms with Crippen LogP contribution in [0.4, 0.5) is 0 Å². The molecule has 32 heavy (non-hydrogen) atoms. The molecule has 0 atom stereocenters. The van der Waals surface area contributed by atoms with Crippen LogP contribution < -0.4 is 10.3 Å². The minimum Gasteiger partial charge on any atom is -0.494 e. The van der Waals surface area contributed by atoms with Gasteiger partial charge in [0.1, 0.15) is 10.3 Å². The molecule has 0 spiro atoms. The van der Waals surface area contributed by atoms with Crippen LogP contribution in [0.3, 0.4) is 0 Å². The topological polar surface area (TPSA) is 68.6 Å². The number of halogens is 1. The molecule has 0 N–H and O–H groups in total. The first kappa shape index (κ1) is 22.0. The van der Waals surface area contributed by atoms with Gasteiger partial charge in [-0.2, -0.15) is 0 Å². The zero-order chi connectivity index (χ0) is 22.8. The molecule has 6 nitrogen and oxygen atoms in total. The number of rotatable bonds is 7. The van der Waals surface area contributed by atoms with Crippen molar-refractivity contribution < 1.29 is 14.3 Å². The fourth-order valence-corrected chi connectivity index (χ4v) is 5.24. The summed E-state index contributed by atoms with van der Waals surface area (Å²) in [4.78, 5) is 41.4. The summed E-state index contributed by atoms with van der Waals surface area (Å²) in [5.41, 5.74) is 0.792. The van der Waals surface area contributed by atoms with E-state index in [9.17, 15) is 14.4 Å². The third-order valence-electron chi connectivity index (χ3n) is 5.33. The monoisotopic (exact) mass is 468 g/mol. The number of para-hydroxylation sites is 1. The molecule has 0 saturated carbocycles. The largest absolute Gasteiger partial charge is 0.494 e. The molecule has 2 aromatic heterocycles. The van der Waals surface area contributed by atoms with Crippen LogP contribution in [0.1, 0.15) is 20.0 Å². The van der Waals surface area contributed by atoms with Gasteiger partial charge in [-0.1, -0.05) is 48.5 Å². The van der Waals surface area contributed by atoms with E-state index in [1.165, 1.54) is 27.9 Å². The SMILES string of the molecule is COc1c(C(=O)N(C)CCCl)sc2c1c(=O)n(CC(=O)c1ccccc1)c1ccccc21. The normalized spacial score (nSPS) is 11.1. The Morgan fingerprint density at radius 3 is 2.47 bits per heavy atom. The Bertz CT molecular complexity index is 1380. The summed E-state index contributed by atoms with van der Waals surface area (Å²) in [6, 6.07) is 16.2. The lowest BCUT2D eigenvalue weighted by Crippen LogP contribution is -2.28. The Morgan fingerprint density at radius 2 is 1.78 bits per heavy atom. The molecule has 0 bridgehead atoms. The fraction of sp³-hybridized carbons (Fsp3) is 0.208. The number of ketones is 1. The number of fused-ring (bicyclic) bond motifs is 3. The predicted molar refractivity (Wildman–Crippen MR) is 129 cm³/mol. The number of alkyl halides is 1. The molecule has 0 aliphatic heterocycles. The average Bonchev–Trinajstić information content (AvgIpc) is 3.22. The summed E-state index contributed by atoms with van der Waals surface area (Å²) >= 11 is 7.02. The molecule has 1 amide bonds. The van der Waals surface area contributed by atoms with Crippen molar-refractivity contribution in [3.05, 3.63) is 75.4 Å². The lowest BCUT2D eigenvalue weighted by molar-refractivity contribution is 0.0805. The van der Waals surface area contributed by atoms with E-state index >= 15 is 0 Å². The zero-order valence-corrected chi connectivity index (χ0v) is 19.2. The Labute approximate surface area is 193 Å². The van der Waals surface area contributed by atoms with Crippen molar-refractivity contribution in [3.8, 4) is 5.75 Å². The lowest BCUT2D eigenvalue weighted by Gasteiger charge is -2.15. The molecule has 0 aliphatic rings. The van der Waals surface area contributed by atoms with Crippen LogP contribution >= 0.6 is 22.9 Å². The number of aromatic nitrogens is 1. The van der Waals surface area contributed by atoms with Gasteiger partial charge in [-0.05, 0) is 6.07 Å². The van der Waals surface area contributed by atoms with Gasteiger partial charge in [-0.15, -0.1) is 22.9 Å². The number of thiophene rings is 1. The molecular formula is C24H21ClN2O4S. The van der Waals surface area contributed by atoms with E-state index < -0.39 is 0 Å². The molecule has 2 aromatic carbocycles. The van der Waals surface area contributed by atoms with Crippen molar-refractivity contribution in [1.29, 1.82) is 0 Å². The highest BCUT2D eigenvalue weighted by Gasteiger charge is 2.27. The maximum atomic E-state index is 13.6. The van der Waals surface area contributed by atoms with E-state index in [4.69, 9.17) is 16.3 Å². The number of hydrogen-bond acceptors (Lipinski definition) is 5. The molecule has 0 fully saturated rings. The minimum absolute atomic E-state index is 0.117. The molecule has 0 unspecified atom stereocenters. The quantitative estimate of drug-likeness (QED) is 0.297. The van der Waals surface area contributed by atoms with E-state index in [0.717, 1.165) is 5.39 Å². The van der Waals surface area contributed by atoms with E-state index in [2.05, 4.69) is 0 Å². The van der Waals surface area contributed by atoms with Gasteiger partial charge in [0.2, 0.25) is 0 Å². The summed E-state index contributed by atoms with van der Waals surface area (Å²) in [5, 5.41) is 1.09. The maximum absolute atomic E-state index is 13.6. The van der Waals surface area contributed by atoms with Gasteiger partial charge in [0.05, 0.1) is 23.9 Å². The minimum atomic E-state index is -0.366. The van der Waals surface area contributed by atoms with Gasteiger partial charge in [0.15, 0.2) is 11.5 Å². The number of ether oxygens (including phenoxy) is 1. The van der Waals surface area contributed by atoms with Crippen molar-refractivity contribution in [1.82, 2.24) is 9.47 Å². The van der Waals surface area contributed by atoms with Crippen LogP contribution in [0.25, 0.3) is 21.0 Å². The van der Waals surface area contributed by atoms with Gasteiger partial charge >= 0.3 is 0 Å². The van der Waals surface area contributed by atoms with Gasteiger partial charge in [-0.3, -0.25) is 19.0 Å². The lowest BCUT2D eigenvalue weighted by atomic mass is 10.1. The van der Waals surface area contributed by atoms with Gasteiger partial charge in [0.25, 0.3) is 11.5 Å². The van der Waals surface area contributed by atoms with Crippen LogP contribution in [0.2, 0.25) is 0 Å². The van der Waals surface area contributed by atoms with Gasteiger partial charge in [0, 0.05) is 30.4 Å². The number of benzene rings is 2. The molecule has 0 aliphatic carbocycles. The van der Waals surface area contributed by atoms with Gasteiger partial charge < -0.3 is 9.64 Å². The summed E-state index contributed by atoms with van der Waals surface area (Å²) in [7, 11) is 3.09. The van der Waals surface area contributed by atoms with Crippen LogP contribution in [0, 0.1) is 0 Å². The average molecular weight is 469 g/mol. The van der Waals surface area contributed by atoms with Crippen LogP contribution in [-0.2, 0) is 6.54 Å². The summed E-state index contributed by atoms with van der Waals surface area (Å²) in [5.74, 6) is 0.0870. The van der Waals surface area contributed by atoms with Crippen molar-refractivity contribution in [2.75, 3.05) is 26.6 Å². The molecule has 2 heterocycles. The second-order valence-electron chi connectivity index (χ2n) is 7.28. The molecule has 0 saturated heterocycles. The van der Waals surface area contributed by atoms with Crippen molar-refractivity contribution in [3.63, 3.8) is 0 Å². The molecule has 4 rings (SSSR count). The van der Waals surface area contributed by atoms with Crippen molar-refractivity contribution in [2.45, 2.75) is 6.54 Å². The first-order valence-electron chi connectivity index (χ1n) is 9.99. The van der Waals surface area contributed by atoms with Crippen LogP contribution in [0.5, 0.6) is 5.75 Å².